The molecule has 0 aliphatic carbocycles. The van der Waals surface area contributed by atoms with Gasteiger partial charge >= 0.3 is 6.03 Å². The lowest BCUT2D eigenvalue weighted by Crippen LogP contribution is -2.19. The Morgan fingerprint density at radius 2 is 1.76 bits per heavy atom. The number of hydrogen-bond donors (Lipinski definition) is 2. The first-order chi connectivity index (χ1) is 8.24. The number of urea groups is 1. The van der Waals surface area contributed by atoms with Crippen LogP contribution in [0.15, 0.2) is 53.3 Å². The van der Waals surface area contributed by atoms with Crippen molar-refractivity contribution >= 4 is 33.3 Å². The van der Waals surface area contributed by atoms with E-state index in [2.05, 4.69) is 31.5 Å². The molecule has 2 rings (SSSR count). The summed E-state index contributed by atoms with van der Waals surface area (Å²) in [5.74, 6) is 0. The molecule has 0 bridgehead atoms. The molecule has 0 aliphatic heterocycles. The van der Waals surface area contributed by atoms with Crippen LogP contribution in [-0.4, -0.2) is 11.0 Å². The normalized spacial score (nSPS) is 9.71. The van der Waals surface area contributed by atoms with Gasteiger partial charge < -0.3 is 10.6 Å². The minimum absolute atomic E-state index is 0.291. The number of nitrogens with one attached hydrogen (secondary N) is 2. The molecule has 0 fully saturated rings. The van der Waals surface area contributed by atoms with Crippen molar-refractivity contribution in [2.45, 2.75) is 0 Å². The van der Waals surface area contributed by atoms with E-state index in [9.17, 15) is 4.79 Å². The van der Waals surface area contributed by atoms with Crippen LogP contribution < -0.4 is 10.6 Å². The third kappa shape index (κ3) is 3.57. The van der Waals surface area contributed by atoms with Gasteiger partial charge in [-0.15, -0.1) is 0 Å². The number of rotatable bonds is 2. The number of halogens is 1. The summed E-state index contributed by atoms with van der Waals surface area (Å²) in [6.45, 7) is 0. The second-order valence-corrected chi connectivity index (χ2v) is 4.24. The molecule has 5 heteroatoms. The molecule has 2 amide bonds. The zero-order valence-electron chi connectivity index (χ0n) is 8.85. The van der Waals surface area contributed by atoms with E-state index < -0.39 is 0 Å². The first kappa shape index (κ1) is 11.6. The molecule has 1 aromatic heterocycles. The third-order valence-corrected chi connectivity index (χ3v) is 2.55. The van der Waals surface area contributed by atoms with Gasteiger partial charge in [-0.1, -0.05) is 15.9 Å². The lowest BCUT2D eigenvalue weighted by molar-refractivity contribution is 0.262. The van der Waals surface area contributed by atoms with E-state index in [4.69, 9.17) is 0 Å². The molecule has 0 radical (unpaired) electrons. The van der Waals surface area contributed by atoms with Crippen LogP contribution in [0.2, 0.25) is 0 Å². The van der Waals surface area contributed by atoms with Crippen molar-refractivity contribution in [3.8, 4) is 0 Å². The van der Waals surface area contributed by atoms with Gasteiger partial charge in [0.1, 0.15) is 0 Å². The van der Waals surface area contributed by atoms with Crippen molar-refractivity contribution in [1.29, 1.82) is 0 Å². The van der Waals surface area contributed by atoms with E-state index in [1.807, 2.05) is 24.3 Å². The van der Waals surface area contributed by atoms with Gasteiger partial charge in [0.2, 0.25) is 0 Å². The fourth-order valence-electron chi connectivity index (χ4n) is 1.26. The molecule has 86 valence electrons. The monoisotopic (exact) mass is 291 g/mol. The zero-order valence-corrected chi connectivity index (χ0v) is 10.4. The summed E-state index contributed by atoms with van der Waals surface area (Å²) in [5, 5.41) is 5.40. The lowest BCUT2D eigenvalue weighted by Gasteiger charge is -2.06. The summed E-state index contributed by atoms with van der Waals surface area (Å²) in [6, 6.07) is 10.6. The maximum Gasteiger partial charge on any atom is 0.323 e. The van der Waals surface area contributed by atoms with Crippen LogP contribution in [-0.2, 0) is 0 Å². The van der Waals surface area contributed by atoms with E-state index in [0.717, 1.165) is 10.2 Å². The summed E-state index contributed by atoms with van der Waals surface area (Å²) >= 11 is 3.33. The fourth-order valence-corrected chi connectivity index (χ4v) is 1.53. The Hall–Kier alpha value is -1.88. The predicted molar refractivity (Wildman–Crippen MR) is 71.0 cm³/mol. The molecule has 0 aliphatic rings. The van der Waals surface area contributed by atoms with Gasteiger partial charge in [-0.3, -0.25) is 4.98 Å². The lowest BCUT2D eigenvalue weighted by atomic mass is 10.3. The fraction of sp³-hybridized carbons (Fsp3) is 0. The Bertz CT molecular complexity index is 499. The summed E-state index contributed by atoms with van der Waals surface area (Å²) < 4.78 is 0.968. The Balaban J connectivity index is 1.96. The minimum Gasteiger partial charge on any atom is -0.308 e. The second-order valence-electron chi connectivity index (χ2n) is 3.33. The topological polar surface area (TPSA) is 54.0 Å². The van der Waals surface area contributed by atoms with Crippen LogP contribution in [0.25, 0.3) is 0 Å². The summed E-state index contributed by atoms with van der Waals surface area (Å²) in [4.78, 5) is 15.5. The van der Waals surface area contributed by atoms with Gasteiger partial charge in [-0.25, -0.2) is 4.79 Å². The number of pyridine rings is 1. The highest BCUT2D eigenvalue weighted by Gasteiger charge is 2.01. The minimum atomic E-state index is -0.291. The van der Waals surface area contributed by atoms with Gasteiger partial charge in [0.05, 0.1) is 11.9 Å². The summed E-state index contributed by atoms with van der Waals surface area (Å²) in [6.07, 6.45) is 3.24. The van der Waals surface area contributed by atoms with E-state index in [0.29, 0.717) is 5.69 Å². The summed E-state index contributed by atoms with van der Waals surface area (Å²) in [7, 11) is 0. The number of hydrogen-bond acceptors (Lipinski definition) is 2. The van der Waals surface area contributed by atoms with Crippen LogP contribution in [0.5, 0.6) is 0 Å². The molecule has 2 aromatic rings. The van der Waals surface area contributed by atoms with Crippen molar-refractivity contribution < 1.29 is 4.79 Å². The number of carbonyl (C=O) groups is 1. The van der Waals surface area contributed by atoms with E-state index >= 15 is 0 Å². The van der Waals surface area contributed by atoms with Crippen molar-refractivity contribution in [2.75, 3.05) is 10.6 Å². The van der Waals surface area contributed by atoms with Crippen molar-refractivity contribution in [3.05, 3.63) is 53.3 Å². The zero-order chi connectivity index (χ0) is 12.1. The first-order valence-electron chi connectivity index (χ1n) is 4.97. The highest BCUT2D eigenvalue weighted by Crippen LogP contribution is 2.14. The van der Waals surface area contributed by atoms with Crippen molar-refractivity contribution in [1.82, 2.24) is 4.98 Å². The molecule has 0 saturated carbocycles. The van der Waals surface area contributed by atoms with Crippen molar-refractivity contribution in [3.63, 3.8) is 0 Å². The van der Waals surface area contributed by atoms with E-state index in [1.165, 1.54) is 0 Å². The number of amides is 2. The SMILES string of the molecule is O=C(Nc1ccc(Br)cc1)Nc1cccnc1. The van der Waals surface area contributed by atoms with E-state index in [-0.39, 0.29) is 6.03 Å². The Kier molecular flexibility index (Phi) is 3.72. The molecule has 2 N–H and O–H groups in total. The number of carbonyl (C=O) groups excluding carboxylic acids is 1. The Morgan fingerprint density at radius 1 is 1.06 bits per heavy atom. The molecule has 0 unspecified atom stereocenters. The number of aromatic nitrogens is 1. The molecule has 0 saturated heterocycles. The van der Waals surface area contributed by atoms with Crippen LogP contribution in [0.4, 0.5) is 16.2 Å². The maximum atomic E-state index is 11.6. The molecule has 17 heavy (non-hydrogen) atoms. The molecule has 4 nitrogen and oxygen atoms in total. The van der Waals surface area contributed by atoms with E-state index in [1.54, 1.807) is 24.5 Å². The van der Waals surface area contributed by atoms with Gasteiger partial charge in [0, 0.05) is 16.4 Å². The maximum absolute atomic E-state index is 11.6. The van der Waals surface area contributed by atoms with Crippen LogP contribution >= 0.6 is 15.9 Å². The summed E-state index contributed by atoms with van der Waals surface area (Å²) in [5.41, 5.74) is 1.39. The first-order valence-corrected chi connectivity index (χ1v) is 5.77. The highest BCUT2D eigenvalue weighted by molar-refractivity contribution is 9.10. The van der Waals surface area contributed by atoms with Crippen LogP contribution in [0, 0.1) is 0 Å². The van der Waals surface area contributed by atoms with Gasteiger partial charge in [-0.05, 0) is 36.4 Å². The smallest absolute Gasteiger partial charge is 0.308 e. The third-order valence-electron chi connectivity index (χ3n) is 2.02. The quantitative estimate of drug-likeness (QED) is 0.890. The molecule has 1 aromatic carbocycles. The Labute approximate surface area is 107 Å². The number of anilines is 2. The van der Waals surface area contributed by atoms with Crippen LogP contribution in [0.1, 0.15) is 0 Å². The van der Waals surface area contributed by atoms with Gasteiger partial charge in [0.25, 0.3) is 0 Å². The van der Waals surface area contributed by atoms with Gasteiger partial charge in [0.15, 0.2) is 0 Å². The average Bonchev–Trinajstić information content (AvgIpc) is 2.33. The average molecular weight is 292 g/mol. The Morgan fingerprint density at radius 3 is 2.41 bits per heavy atom. The largest absolute Gasteiger partial charge is 0.323 e. The predicted octanol–water partition coefficient (Wildman–Crippen LogP) is 3.49. The molecular weight excluding hydrogens is 282 g/mol. The van der Waals surface area contributed by atoms with Crippen molar-refractivity contribution in [2.24, 2.45) is 0 Å². The standard InChI is InChI=1S/C12H10BrN3O/c13-9-3-5-10(6-4-9)15-12(17)16-11-2-1-7-14-8-11/h1-8H,(H2,15,16,17). The molecule has 0 spiro atoms. The molecule has 0 atom stereocenters. The second kappa shape index (κ2) is 5.45. The number of benzene rings is 1. The molecular formula is C12H10BrN3O. The number of nitrogens with zero attached hydrogens (tertiary/aromatic N) is 1. The van der Waals surface area contributed by atoms with Gasteiger partial charge in [-0.2, -0.15) is 0 Å². The molecule has 1 heterocycles. The highest BCUT2D eigenvalue weighted by atomic mass is 79.9. The van der Waals surface area contributed by atoms with Crippen LogP contribution in [0.3, 0.4) is 0 Å².